The van der Waals surface area contributed by atoms with E-state index in [-0.39, 0.29) is 0 Å². The first-order valence-electron chi connectivity index (χ1n) is 3.75. The third kappa shape index (κ3) is 1.89. The molecule has 4 heteroatoms. The largest absolute Gasteiger partial charge is 0.261 e. The first-order chi connectivity index (χ1) is 6.36. The summed E-state index contributed by atoms with van der Waals surface area (Å²) in [4.78, 5) is 12.4. The molecule has 3 nitrogen and oxygen atoms in total. The smallest absolute Gasteiger partial charge is 0.107 e. The molecule has 0 fully saturated rings. The van der Waals surface area contributed by atoms with Crippen molar-refractivity contribution in [2.45, 2.75) is 0 Å². The van der Waals surface area contributed by atoms with Gasteiger partial charge in [0, 0.05) is 12.4 Å². The molecular weight excluding hydrogens is 230 g/mol. The number of nitrogens with zero attached hydrogens (tertiary/aromatic N) is 3. The highest BCUT2D eigenvalue weighted by atomic mass is 79.9. The molecule has 0 unspecified atom stereocenters. The Morgan fingerprint density at radius 2 is 2.00 bits per heavy atom. The van der Waals surface area contributed by atoms with E-state index in [2.05, 4.69) is 30.9 Å². The molecule has 64 valence electrons. The van der Waals surface area contributed by atoms with Crippen LogP contribution in [0, 0.1) is 0 Å². The van der Waals surface area contributed by atoms with Crippen LogP contribution in [0.1, 0.15) is 0 Å². The third-order valence-electron chi connectivity index (χ3n) is 1.54. The fourth-order valence-corrected chi connectivity index (χ4v) is 1.33. The number of aromatic nitrogens is 3. The van der Waals surface area contributed by atoms with Gasteiger partial charge >= 0.3 is 0 Å². The number of halogens is 1. The quantitative estimate of drug-likeness (QED) is 0.713. The van der Waals surface area contributed by atoms with Gasteiger partial charge in [0.1, 0.15) is 10.3 Å². The Morgan fingerprint density at radius 3 is 2.69 bits per heavy atom. The van der Waals surface area contributed by atoms with Gasteiger partial charge in [0.2, 0.25) is 0 Å². The maximum Gasteiger partial charge on any atom is 0.107 e. The standard InChI is InChI=1S/C9H6BrN3/c10-9-3-1-2-7(13-9)8-6-11-4-5-12-8/h1-6H. The van der Waals surface area contributed by atoms with Gasteiger partial charge in [-0.15, -0.1) is 0 Å². The molecule has 0 saturated heterocycles. The maximum absolute atomic E-state index is 4.26. The lowest BCUT2D eigenvalue weighted by Crippen LogP contribution is -1.87. The summed E-state index contributed by atoms with van der Waals surface area (Å²) in [7, 11) is 0. The lowest BCUT2D eigenvalue weighted by Gasteiger charge is -1.97. The molecule has 0 amide bonds. The first kappa shape index (κ1) is 8.31. The molecule has 0 N–H and O–H groups in total. The summed E-state index contributed by atoms with van der Waals surface area (Å²) >= 11 is 3.30. The second-order valence-electron chi connectivity index (χ2n) is 2.44. The van der Waals surface area contributed by atoms with Gasteiger partial charge in [0.05, 0.1) is 11.9 Å². The van der Waals surface area contributed by atoms with Crippen molar-refractivity contribution in [3.05, 3.63) is 41.4 Å². The van der Waals surface area contributed by atoms with Crippen LogP contribution in [0.4, 0.5) is 0 Å². The van der Waals surface area contributed by atoms with Gasteiger partial charge in [-0.05, 0) is 28.1 Å². The zero-order chi connectivity index (χ0) is 9.10. The molecular formula is C9H6BrN3. The highest BCUT2D eigenvalue weighted by Crippen LogP contribution is 2.15. The Labute approximate surface area is 84.0 Å². The first-order valence-corrected chi connectivity index (χ1v) is 4.54. The fourth-order valence-electron chi connectivity index (χ4n) is 0.982. The van der Waals surface area contributed by atoms with Crippen molar-refractivity contribution in [1.82, 2.24) is 15.0 Å². The lowest BCUT2D eigenvalue weighted by atomic mass is 10.3. The molecule has 13 heavy (non-hydrogen) atoms. The molecule has 2 heterocycles. The molecule has 0 aliphatic rings. The van der Waals surface area contributed by atoms with Crippen molar-refractivity contribution in [2.24, 2.45) is 0 Å². The third-order valence-corrected chi connectivity index (χ3v) is 1.98. The fraction of sp³-hybridized carbons (Fsp3) is 0. The summed E-state index contributed by atoms with van der Waals surface area (Å²) in [6, 6.07) is 5.69. The molecule has 2 rings (SSSR count). The van der Waals surface area contributed by atoms with E-state index >= 15 is 0 Å². The van der Waals surface area contributed by atoms with E-state index in [1.807, 2.05) is 18.2 Å². The lowest BCUT2D eigenvalue weighted by molar-refractivity contribution is 1.17. The number of hydrogen-bond acceptors (Lipinski definition) is 3. The van der Waals surface area contributed by atoms with E-state index in [0.717, 1.165) is 16.0 Å². The van der Waals surface area contributed by atoms with Gasteiger partial charge in [-0.25, -0.2) is 4.98 Å². The van der Waals surface area contributed by atoms with Crippen LogP contribution in [0.2, 0.25) is 0 Å². The zero-order valence-electron chi connectivity index (χ0n) is 6.68. The second kappa shape index (κ2) is 3.62. The average molecular weight is 236 g/mol. The Balaban J connectivity index is 2.48. The highest BCUT2D eigenvalue weighted by molar-refractivity contribution is 9.10. The average Bonchev–Trinajstić information content (AvgIpc) is 2.19. The van der Waals surface area contributed by atoms with Crippen LogP contribution >= 0.6 is 15.9 Å². The van der Waals surface area contributed by atoms with E-state index in [0.29, 0.717) is 0 Å². The van der Waals surface area contributed by atoms with E-state index in [4.69, 9.17) is 0 Å². The van der Waals surface area contributed by atoms with E-state index < -0.39 is 0 Å². The molecule has 0 spiro atoms. The summed E-state index contributed by atoms with van der Waals surface area (Å²) < 4.78 is 0.802. The number of hydrogen-bond donors (Lipinski definition) is 0. The van der Waals surface area contributed by atoms with Crippen LogP contribution in [0.25, 0.3) is 11.4 Å². The summed E-state index contributed by atoms with van der Waals surface area (Å²) in [5.41, 5.74) is 1.60. The predicted molar refractivity (Wildman–Crippen MR) is 53.0 cm³/mol. The summed E-state index contributed by atoms with van der Waals surface area (Å²) in [5.74, 6) is 0. The van der Waals surface area contributed by atoms with Crippen LogP contribution in [0.5, 0.6) is 0 Å². The number of rotatable bonds is 1. The van der Waals surface area contributed by atoms with Crippen molar-refractivity contribution in [3.8, 4) is 11.4 Å². The van der Waals surface area contributed by atoms with Crippen molar-refractivity contribution >= 4 is 15.9 Å². The van der Waals surface area contributed by atoms with Gasteiger partial charge in [0.25, 0.3) is 0 Å². The minimum atomic E-state index is 0.781. The molecule has 0 saturated carbocycles. The van der Waals surface area contributed by atoms with Crippen molar-refractivity contribution in [1.29, 1.82) is 0 Å². The van der Waals surface area contributed by atoms with Gasteiger partial charge in [-0.1, -0.05) is 6.07 Å². The Morgan fingerprint density at radius 1 is 1.08 bits per heavy atom. The topological polar surface area (TPSA) is 38.7 Å². The minimum absolute atomic E-state index is 0.781. The van der Waals surface area contributed by atoms with Gasteiger partial charge in [0.15, 0.2) is 0 Å². The van der Waals surface area contributed by atoms with Crippen molar-refractivity contribution < 1.29 is 0 Å². The van der Waals surface area contributed by atoms with E-state index in [9.17, 15) is 0 Å². The molecule has 0 aliphatic heterocycles. The SMILES string of the molecule is Brc1cccc(-c2cnccn2)n1. The summed E-state index contributed by atoms with van der Waals surface area (Å²) in [5, 5.41) is 0. The second-order valence-corrected chi connectivity index (χ2v) is 3.25. The molecule has 2 aromatic rings. The van der Waals surface area contributed by atoms with Gasteiger partial charge in [-0.2, -0.15) is 0 Å². The normalized spacial score (nSPS) is 9.92. The Bertz CT molecular complexity index is 403. The molecule has 2 aromatic heterocycles. The van der Waals surface area contributed by atoms with Crippen LogP contribution in [0.3, 0.4) is 0 Å². The predicted octanol–water partition coefficient (Wildman–Crippen LogP) is 2.30. The van der Waals surface area contributed by atoms with Crippen molar-refractivity contribution in [2.75, 3.05) is 0 Å². The van der Waals surface area contributed by atoms with Gasteiger partial charge in [-0.3, -0.25) is 9.97 Å². The van der Waals surface area contributed by atoms with E-state index in [1.165, 1.54) is 0 Å². The molecule has 0 atom stereocenters. The Hall–Kier alpha value is -1.29. The Kier molecular flexibility index (Phi) is 2.31. The zero-order valence-corrected chi connectivity index (χ0v) is 8.27. The molecule has 0 radical (unpaired) electrons. The number of pyridine rings is 1. The highest BCUT2D eigenvalue weighted by Gasteiger charge is 1.99. The van der Waals surface area contributed by atoms with E-state index in [1.54, 1.807) is 18.6 Å². The van der Waals surface area contributed by atoms with Gasteiger partial charge < -0.3 is 0 Å². The summed E-state index contributed by atoms with van der Waals surface area (Å²) in [6.45, 7) is 0. The van der Waals surface area contributed by atoms with Crippen LogP contribution in [0.15, 0.2) is 41.4 Å². The van der Waals surface area contributed by atoms with Crippen LogP contribution < -0.4 is 0 Å². The molecule has 0 aliphatic carbocycles. The van der Waals surface area contributed by atoms with Crippen molar-refractivity contribution in [3.63, 3.8) is 0 Å². The molecule has 0 aromatic carbocycles. The van der Waals surface area contributed by atoms with Crippen LogP contribution in [-0.2, 0) is 0 Å². The minimum Gasteiger partial charge on any atom is -0.261 e. The van der Waals surface area contributed by atoms with Crippen LogP contribution in [-0.4, -0.2) is 15.0 Å². The monoisotopic (exact) mass is 235 g/mol. The summed E-state index contributed by atoms with van der Waals surface area (Å²) in [6.07, 6.45) is 4.98. The maximum atomic E-state index is 4.26. The molecule has 0 bridgehead atoms.